The molecule has 0 aliphatic carbocycles. The van der Waals surface area contributed by atoms with E-state index in [-0.39, 0.29) is 23.6 Å². The zero-order valence-electron chi connectivity index (χ0n) is 21.6. The van der Waals surface area contributed by atoms with Gasteiger partial charge in [0.15, 0.2) is 5.41 Å². The third-order valence-corrected chi connectivity index (χ3v) is 8.37. The van der Waals surface area contributed by atoms with Gasteiger partial charge in [-0.25, -0.2) is 9.69 Å². The highest BCUT2D eigenvalue weighted by molar-refractivity contribution is 6.30. The van der Waals surface area contributed by atoms with E-state index in [9.17, 15) is 27.6 Å². The van der Waals surface area contributed by atoms with Crippen molar-refractivity contribution in [2.24, 2.45) is 5.41 Å². The molecule has 3 aromatic rings. The van der Waals surface area contributed by atoms with Gasteiger partial charge in [0.1, 0.15) is 5.75 Å². The number of amides is 4. The molecule has 10 heteroatoms. The van der Waals surface area contributed by atoms with Gasteiger partial charge in [-0.2, -0.15) is 13.2 Å². The largest absolute Gasteiger partial charge is 0.497 e. The molecule has 3 aliphatic rings. The van der Waals surface area contributed by atoms with E-state index in [1.165, 1.54) is 25.3 Å². The fourth-order valence-electron chi connectivity index (χ4n) is 6.42. The standard InChI is InChI=1S/C30H26F3N3O4/c1-40-23-10-8-22(9-11-23)36-27(38)29(26(37)34-28(36)39)17-20-15-21(30(31,32)33)7-12-24(20)35-14-13-19(16-25(29)35)18-5-3-2-4-6-18/h2-12,15,19,25H,13-14,16-17H2,1H3,(H,34,37,39). The van der Waals surface area contributed by atoms with Crippen molar-refractivity contribution < 1.29 is 32.3 Å². The molecule has 2 saturated heterocycles. The van der Waals surface area contributed by atoms with Gasteiger partial charge in [-0.15, -0.1) is 0 Å². The highest BCUT2D eigenvalue weighted by Gasteiger charge is 2.63. The number of carbonyl (C=O) groups is 3. The number of rotatable bonds is 3. The van der Waals surface area contributed by atoms with Crippen LogP contribution < -0.4 is 19.9 Å². The molecule has 7 nitrogen and oxygen atoms in total. The minimum Gasteiger partial charge on any atom is -0.497 e. The van der Waals surface area contributed by atoms with Crippen LogP contribution in [0.15, 0.2) is 72.8 Å². The second-order valence-corrected chi connectivity index (χ2v) is 10.4. The molecule has 0 saturated carbocycles. The number of ether oxygens (including phenoxy) is 1. The molecule has 3 aromatic carbocycles. The van der Waals surface area contributed by atoms with Crippen LogP contribution in [0.1, 0.15) is 35.4 Å². The number of nitrogens with one attached hydrogen (secondary N) is 1. The summed E-state index contributed by atoms with van der Waals surface area (Å²) in [5, 5.41) is 2.36. The molecule has 0 aromatic heterocycles. The van der Waals surface area contributed by atoms with Crippen molar-refractivity contribution in [1.82, 2.24) is 5.32 Å². The molecular formula is C30H26F3N3O4. The molecule has 1 N–H and O–H groups in total. The Morgan fingerprint density at radius 2 is 1.70 bits per heavy atom. The smallest absolute Gasteiger partial charge is 0.416 e. The molecule has 0 bridgehead atoms. The maximum Gasteiger partial charge on any atom is 0.416 e. The van der Waals surface area contributed by atoms with Crippen LogP contribution in [0, 0.1) is 5.41 Å². The number of methoxy groups -OCH3 is 1. The lowest BCUT2D eigenvalue weighted by Gasteiger charge is -2.55. The van der Waals surface area contributed by atoms with Gasteiger partial charge >= 0.3 is 12.2 Å². The highest BCUT2D eigenvalue weighted by Crippen LogP contribution is 2.51. The normalized spacial score (nSPS) is 24.4. The van der Waals surface area contributed by atoms with Crippen molar-refractivity contribution in [1.29, 1.82) is 0 Å². The van der Waals surface area contributed by atoms with E-state index in [2.05, 4.69) is 5.32 Å². The number of hydrogen-bond donors (Lipinski definition) is 1. The van der Waals surface area contributed by atoms with Crippen molar-refractivity contribution in [3.05, 3.63) is 89.5 Å². The Morgan fingerprint density at radius 1 is 0.975 bits per heavy atom. The second-order valence-electron chi connectivity index (χ2n) is 10.4. The molecule has 2 fully saturated rings. The van der Waals surface area contributed by atoms with Crippen LogP contribution in [-0.2, 0) is 22.2 Å². The quantitative estimate of drug-likeness (QED) is 0.449. The number of piperidine rings is 1. The average Bonchev–Trinajstić information content (AvgIpc) is 2.95. The van der Waals surface area contributed by atoms with Crippen molar-refractivity contribution in [3.63, 3.8) is 0 Å². The van der Waals surface area contributed by atoms with E-state index in [1.807, 2.05) is 35.2 Å². The summed E-state index contributed by atoms with van der Waals surface area (Å²) >= 11 is 0. The first-order chi connectivity index (χ1) is 19.1. The number of imide groups is 2. The van der Waals surface area contributed by atoms with E-state index < -0.39 is 41.0 Å². The Bertz CT molecular complexity index is 1490. The van der Waals surface area contributed by atoms with Gasteiger partial charge in [-0.05, 0) is 78.8 Å². The average molecular weight is 550 g/mol. The van der Waals surface area contributed by atoms with Crippen LogP contribution in [0.2, 0.25) is 0 Å². The fraction of sp³-hybridized carbons (Fsp3) is 0.300. The minimum atomic E-state index is -4.59. The molecule has 3 unspecified atom stereocenters. The summed E-state index contributed by atoms with van der Waals surface area (Å²) in [6.45, 7) is 0.432. The van der Waals surface area contributed by atoms with Gasteiger partial charge in [0.2, 0.25) is 5.91 Å². The number of anilines is 2. The highest BCUT2D eigenvalue weighted by atomic mass is 19.4. The maximum atomic E-state index is 14.4. The Labute approximate surface area is 228 Å². The van der Waals surface area contributed by atoms with Crippen LogP contribution in [0.25, 0.3) is 0 Å². The van der Waals surface area contributed by atoms with E-state index in [1.54, 1.807) is 12.1 Å². The van der Waals surface area contributed by atoms with E-state index in [0.29, 0.717) is 30.8 Å². The number of halogens is 3. The monoisotopic (exact) mass is 549 g/mol. The molecule has 3 aliphatic heterocycles. The Morgan fingerprint density at radius 3 is 2.38 bits per heavy atom. The van der Waals surface area contributed by atoms with Gasteiger partial charge < -0.3 is 9.64 Å². The van der Waals surface area contributed by atoms with Gasteiger partial charge in [0.05, 0.1) is 24.4 Å². The third kappa shape index (κ3) is 4.01. The third-order valence-electron chi connectivity index (χ3n) is 8.37. The SMILES string of the molecule is COc1ccc(N2C(=O)NC(=O)C3(Cc4cc(C(F)(F)F)ccc4N4CCC(c5ccccc5)CC43)C2=O)cc1. The first-order valence-corrected chi connectivity index (χ1v) is 13.0. The molecular weight excluding hydrogens is 523 g/mol. The van der Waals surface area contributed by atoms with Crippen molar-refractivity contribution >= 4 is 29.2 Å². The summed E-state index contributed by atoms with van der Waals surface area (Å²) in [5.74, 6) is -1.02. The molecule has 40 heavy (non-hydrogen) atoms. The lowest BCUT2D eigenvalue weighted by atomic mass is 9.64. The summed E-state index contributed by atoms with van der Waals surface area (Å²) in [4.78, 5) is 44.1. The summed E-state index contributed by atoms with van der Waals surface area (Å²) in [6, 6.07) is 17.9. The Hall–Kier alpha value is -4.34. The van der Waals surface area contributed by atoms with Crippen LogP contribution in [0.5, 0.6) is 5.75 Å². The van der Waals surface area contributed by atoms with E-state index in [0.717, 1.165) is 22.6 Å². The number of urea groups is 1. The van der Waals surface area contributed by atoms with Crippen molar-refractivity contribution in [2.75, 3.05) is 23.5 Å². The number of fused-ring (bicyclic) bond motifs is 4. The summed E-state index contributed by atoms with van der Waals surface area (Å²) in [5.41, 5.74) is -0.571. The molecule has 3 atom stereocenters. The Balaban J connectivity index is 1.49. The molecule has 0 radical (unpaired) electrons. The predicted molar refractivity (Wildman–Crippen MR) is 141 cm³/mol. The lowest BCUT2D eigenvalue weighted by Crippen LogP contribution is -2.73. The zero-order valence-corrected chi connectivity index (χ0v) is 21.6. The topological polar surface area (TPSA) is 79.0 Å². The van der Waals surface area contributed by atoms with E-state index >= 15 is 0 Å². The summed E-state index contributed by atoms with van der Waals surface area (Å²) in [6.07, 6.45) is -3.76. The first kappa shape index (κ1) is 25.9. The van der Waals surface area contributed by atoms with Gasteiger partial charge in [-0.3, -0.25) is 14.9 Å². The fourth-order valence-corrected chi connectivity index (χ4v) is 6.42. The molecule has 6 rings (SSSR count). The van der Waals surface area contributed by atoms with E-state index in [4.69, 9.17) is 4.74 Å². The molecule has 3 heterocycles. The van der Waals surface area contributed by atoms with Crippen molar-refractivity contribution in [3.8, 4) is 5.75 Å². The summed E-state index contributed by atoms with van der Waals surface area (Å²) < 4.78 is 46.3. The zero-order chi connectivity index (χ0) is 28.2. The van der Waals surface area contributed by atoms with Crippen LogP contribution in [0.4, 0.5) is 29.3 Å². The number of hydrogen-bond acceptors (Lipinski definition) is 5. The number of carbonyl (C=O) groups excluding carboxylic acids is 3. The van der Waals surface area contributed by atoms with Gasteiger partial charge in [0.25, 0.3) is 5.91 Å². The summed E-state index contributed by atoms with van der Waals surface area (Å²) in [7, 11) is 1.48. The number of alkyl halides is 3. The molecule has 4 amide bonds. The van der Waals surface area contributed by atoms with Gasteiger partial charge in [0, 0.05) is 12.2 Å². The molecule has 206 valence electrons. The Kier molecular flexibility index (Phi) is 6.08. The minimum absolute atomic E-state index is 0.0167. The first-order valence-electron chi connectivity index (χ1n) is 13.0. The predicted octanol–water partition coefficient (Wildman–Crippen LogP) is 5.29. The second kappa shape index (κ2) is 9.39. The van der Waals surface area contributed by atoms with Gasteiger partial charge in [-0.1, -0.05) is 30.3 Å². The van der Waals surface area contributed by atoms with Crippen LogP contribution in [-0.4, -0.2) is 37.5 Å². The maximum absolute atomic E-state index is 14.4. The van der Waals surface area contributed by atoms with Crippen molar-refractivity contribution in [2.45, 2.75) is 37.4 Å². The van der Waals surface area contributed by atoms with Crippen LogP contribution >= 0.6 is 0 Å². The number of barbiturate groups is 1. The number of nitrogens with zero attached hydrogens (tertiary/aromatic N) is 2. The number of benzene rings is 3. The lowest BCUT2D eigenvalue weighted by molar-refractivity contribution is -0.145. The molecule has 1 spiro atoms. The van der Waals surface area contributed by atoms with Crippen LogP contribution in [0.3, 0.4) is 0 Å².